The second kappa shape index (κ2) is 6.39. The topological polar surface area (TPSA) is 29.5 Å². The fraction of sp³-hybridized carbons (Fsp3) is 0.929. The summed E-state index contributed by atoms with van der Waals surface area (Å²) in [6, 6.07) is 0. The van der Waals surface area contributed by atoms with Crippen molar-refractivity contribution in [3.05, 3.63) is 0 Å². The molecule has 0 aromatic heterocycles. The number of hydrogen-bond acceptors (Lipinski definition) is 3. The third kappa shape index (κ3) is 4.66. The van der Waals surface area contributed by atoms with Crippen LogP contribution in [0, 0.1) is 10.8 Å². The molecule has 17 heavy (non-hydrogen) atoms. The fourth-order valence-electron chi connectivity index (χ4n) is 1.76. The molecule has 0 amide bonds. The van der Waals surface area contributed by atoms with Crippen LogP contribution in [0.2, 0.25) is 0 Å². The lowest BCUT2D eigenvalue weighted by Crippen LogP contribution is -2.42. The summed E-state index contributed by atoms with van der Waals surface area (Å²) in [6.07, 6.45) is 1.87. The van der Waals surface area contributed by atoms with E-state index in [0.29, 0.717) is 6.61 Å². The zero-order valence-corrected chi connectivity index (χ0v) is 12.6. The first-order chi connectivity index (χ1) is 7.65. The summed E-state index contributed by atoms with van der Waals surface area (Å²) in [7, 11) is 3.95. The lowest BCUT2D eigenvalue weighted by Gasteiger charge is -2.39. The molecule has 0 fully saturated rings. The molecule has 1 atom stereocenters. The Balaban J connectivity index is 4.56. The number of esters is 1. The van der Waals surface area contributed by atoms with E-state index in [2.05, 4.69) is 27.7 Å². The average molecular weight is 243 g/mol. The number of likely N-dealkylation sites (N-methyl/N-ethyl adjacent to an activating group) is 1. The number of rotatable bonds is 6. The van der Waals surface area contributed by atoms with Crippen molar-refractivity contribution < 1.29 is 9.53 Å². The van der Waals surface area contributed by atoms with Crippen LogP contribution < -0.4 is 0 Å². The normalized spacial score (nSPS) is 15.8. The van der Waals surface area contributed by atoms with Crippen molar-refractivity contribution in [1.82, 2.24) is 4.90 Å². The standard InChI is InChI=1S/C14H29NO2/c1-8-9-14(5,13(2,3)4)12(16)17-11-10-15(6)7/h8-11H2,1-7H3. The number of carbonyl (C=O) groups excluding carboxylic acids is 1. The molecular weight excluding hydrogens is 214 g/mol. The largest absolute Gasteiger partial charge is 0.464 e. The highest BCUT2D eigenvalue weighted by Gasteiger charge is 2.44. The highest BCUT2D eigenvalue weighted by atomic mass is 16.5. The van der Waals surface area contributed by atoms with E-state index in [0.717, 1.165) is 19.4 Å². The Bertz CT molecular complexity index is 243. The molecule has 0 aliphatic carbocycles. The van der Waals surface area contributed by atoms with Crippen LogP contribution in [-0.2, 0) is 9.53 Å². The van der Waals surface area contributed by atoms with Crippen molar-refractivity contribution in [1.29, 1.82) is 0 Å². The van der Waals surface area contributed by atoms with Gasteiger partial charge in [0.15, 0.2) is 0 Å². The maximum Gasteiger partial charge on any atom is 0.312 e. The van der Waals surface area contributed by atoms with E-state index in [1.165, 1.54) is 0 Å². The molecule has 3 nitrogen and oxygen atoms in total. The highest BCUT2D eigenvalue weighted by molar-refractivity contribution is 5.77. The molecule has 0 bridgehead atoms. The van der Waals surface area contributed by atoms with E-state index in [1.54, 1.807) is 0 Å². The van der Waals surface area contributed by atoms with Crippen LogP contribution in [0.1, 0.15) is 47.5 Å². The van der Waals surface area contributed by atoms with Gasteiger partial charge in [-0.05, 0) is 32.9 Å². The van der Waals surface area contributed by atoms with E-state index in [4.69, 9.17) is 4.74 Å². The van der Waals surface area contributed by atoms with Crippen molar-refractivity contribution in [2.75, 3.05) is 27.2 Å². The van der Waals surface area contributed by atoms with Gasteiger partial charge in [-0.3, -0.25) is 4.79 Å². The molecule has 0 heterocycles. The van der Waals surface area contributed by atoms with Gasteiger partial charge in [0.25, 0.3) is 0 Å². The first-order valence-corrected chi connectivity index (χ1v) is 6.47. The summed E-state index contributed by atoms with van der Waals surface area (Å²) in [5.74, 6) is -0.0614. The summed E-state index contributed by atoms with van der Waals surface area (Å²) in [5, 5.41) is 0. The maximum atomic E-state index is 12.2. The molecule has 0 radical (unpaired) electrons. The van der Waals surface area contributed by atoms with Crippen LogP contribution in [0.25, 0.3) is 0 Å². The molecule has 0 saturated carbocycles. The highest BCUT2D eigenvalue weighted by Crippen LogP contribution is 2.43. The summed E-state index contributed by atoms with van der Waals surface area (Å²) >= 11 is 0. The summed E-state index contributed by atoms with van der Waals surface area (Å²) in [4.78, 5) is 14.3. The third-order valence-electron chi connectivity index (χ3n) is 3.63. The molecular formula is C14H29NO2. The SMILES string of the molecule is CCCC(C)(C(=O)OCCN(C)C)C(C)(C)C. The van der Waals surface area contributed by atoms with E-state index in [9.17, 15) is 4.79 Å². The quantitative estimate of drug-likeness (QED) is 0.672. The minimum atomic E-state index is -0.395. The Morgan fingerprint density at radius 2 is 1.71 bits per heavy atom. The first kappa shape index (κ1) is 16.4. The van der Waals surface area contributed by atoms with Gasteiger partial charge < -0.3 is 9.64 Å². The lowest BCUT2D eigenvalue weighted by molar-refractivity contribution is -0.162. The van der Waals surface area contributed by atoms with Crippen molar-refractivity contribution in [2.24, 2.45) is 10.8 Å². The van der Waals surface area contributed by atoms with Crippen LogP contribution in [-0.4, -0.2) is 38.1 Å². The Hall–Kier alpha value is -0.570. The second-order valence-electron chi connectivity index (χ2n) is 6.27. The van der Waals surface area contributed by atoms with Crippen LogP contribution in [0.3, 0.4) is 0 Å². The number of hydrogen-bond donors (Lipinski definition) is 0. The predicted octanol–water partition coefficient (Wildman–Crippen LogP) is 2.94. The van der Waals surface area contributed by atoms with E-state index in [1.807, 2.05) is 25.9 Å². The summed E-state index contributed by atoms with van der Waals surface area (Å²) in [6.45, 7) is 11.7. The van der Waals surface area contributed by atoms with E-state index >= 15 is 0 Å². The summed E-state index contributed by atoms with van der Waals surface area (Å²) in [5.41, 5.74) is -0.466. The van der Waals surface area contributed by atoms with E-state index in [-0.39, 0.29) is 11.4 Å². The third-order valence-corrected chi connectivity index (χ3v) is 3.63. The number of carbonyl (C=O) groups is 1. The Morgan fingerprint density at radius 3 is 2.06 bits per heavy atom. The van der Waals surface area contributed by atoms with Crippen molar-refractivity contribution in [3.8, 4) is 0 Å². The minimum Gasteiger partial charge on any atom is -0.464 e. The molecule has 102 valence electrons. The number of nitrogens with zero attached hydrogens (tertiary/aromatic N) is 1. The van der Waals surface area contributed by atoms with Gasteiger partial charge in [-0.2, -0.15) is 0 Å². The first-order valence-electron chi connectivity index (χ1n) is 6.47. The van der Waals surface area contributed by atoms with Crippen molar-refractivity contribution in [3.63, 3.8) is 0 Å². The molecule has 0 saturated heterocycles. The summed E-state index contributed by atoms with van der Waals surface area (Å²) < 4.78 is 5.42. The molecule has 0 aromatic carbocycles. The van der Waals surface area contributed by atoms with Crippen LogP contribution >= 0.6 is 0 Å². The Labute approximate surface area is 107 Å². The molecule has 0 aromatic rings. The monoisotopic (exact) mass is 243 g/mol. The van der Waals surface area contributed by atoms with Crippen LogP contribution in [0.4, 0.5) is 0 Å². The maximum absolute atomic E-state index is 12.2. The fourth-order valence-corrected chi connectivity index (χ4v) is 1.76. The second-order valence-corrected chi connectivity index (χ2v) is 6.27. The van der Waals surface area contributed by atoms with Gasteiger partial charge in [-0.15, -0.1) is 0 Å². The molecule has 1 unspecified atom stereocenters. The smallest absolute Gasteiger partial charge is 0.312 e. The lowest BCUT2D eigenvalue weighted by atomic mass is 9.65. The molecule has 3 heteroatoms. The van der Waals surface area contributed by atoms with Gasteiger partial charge in [0.2, 0.25) is 0 Å². The van der Waals surface area contributed by atoms with Gasteiger partial charge in [-0.25, -0.2) is 0 Å². The number of ether oxygens (including phenoxy) is 1. The Morgan fingerprint density at radius 1 is 1.18 bits per heavy atom. The minimum absolute atomic E-state index is 0.0614. The predicted molar refractivity (Wildman–Crippen MR) is 72.0 cm³/mol. The van der Waals surface area contributed by atoms with Crippen LogP contribution in [0.5, 0.6) is 0 Å². The average Bonchev–Trinajstić information content (AvgIpc) is 2.15. The molecule has 0 rings (SSSR count). The van der Waals surface area contributed by atoms with Crippen molar-refractivity contribution in [2.45, 2.75) is 47.5 Å². The van der Waals surface area contributed by atoms with Crippen molar-refractivity contribution >= 4 is 5.97 Å². The Kier molecular flexibility index (Phi) is 6.17. The molecule has 0 N–H and O–H groups in total. The van der Waals surface area contributed by atoms with E-state index < -0.39 is 5.41 Å². The molecule has 0 spiro atoms. The van der Waals surface area contributed by atoms with Gasteiger partial charge in [0.05, 0.1) is 5.41 Å². The van der Waals surface area contributed by atoms with Crippen LogP contribution in [0.15, 0.2) is 0 Å². The zero-order chi connectivity index (χ0) is 13.7. The van der Waals surface area contributed by atoms with Gasteiger partial charge in [0.1, 0.15) is 6.61 Å². The van der Waals surface area contributed by atoms with Gasteiger partial charge in [0, 0.05) is 6.54 Å². The molecule has 0 aliphatic heterocycles. The van der Waals surface area contributed by atoms with Gasteiger partial charge >= 0.3 is 5.97 Å². The zero-order valence-electron chi connectivity index (χ0n) is 12.6. The van der Waals surface area contributed by atoms with Gasteiger partial charge in [-0.1, -0.05) is 34.1 Å². The molecule has 0 aliphatic rings.